The van der Waals surface area contributed by atoms with Gasteiger partial charge in [0.05, 0.1) is 0 Å². The normalized spacial score (nSPS) is 13.6. The van der Waals surface area contributed by atoms with Crippen LogP contribution < -0.4 is 0 Å². The molecule has 0 aliphatic carbocycles. The molecule has 2 rings (SSSR count). The van der Waals surface area contributed by atoms with Crippen molar-refractivity contribution in [3.8, 4) is 0 Å². The molecule has 2 aromatic rings. The molecule has 0 aliphatic heterocycles. The molecule has 1 atom stereocenters. The van der Waals surface area contributed by atoms with Gasteiger partial charge in [0.2, 0.25) is 0 Å². The molecule has 1 heterocycles. The number of hydrogen-bond acceptors (Lipinski definition) is 2. The number of aliphatic hydroxyl groups is 1. The SMILES string of the molecule is CC(C)(C)c1ccc(C(O)c2cccc(I)c2)s1. The summed E-state index contributed by atoms with van der Waals surface area (Å²) < 4.78 is 1.15. The van der Waals surface area contributed by atoms with Crippen molar-refractivity contribution in [3.63, 3.8) is 0 Å². The fourth-order valence-electron chi connectivity index (χ4n) is 1.74. The van der Waals surface area contributed by atoms with Crippen LogP contribution in [0.4, 0.5) is 0 Å². The Morgan fingerprint density at radius 3 is 2.44 bits per heavy atom. The van der Waals surface area contributed by atoms with Crippen LogP contribution in [0.25, 0.3) is 0 Å². The molecule has 1 aromatic carbocycles. The summed E-state index contributed by atoms with van der Waals surface area (Å²) >= 11 is 3.96. The molecule has 1 N–H and O–H groups in total. The average molecular weight is 372 g/mol. The van der Waals surface area contributed by atoms with E-state index in [1.54, 1.807) is 11.3 Å². The Labute approximate surface area is 126 Å². The third-order valence-electron chi connectivity index (χ3n) is 2.80. The Hall–Kier alpha value is -0.390. The molecular formula is C15H17IOS. The second kappa shape index (κ2) is 5.31. The lowest BCUT2D eigenvalue weighted by molar-refractivity contribution is 0.224. The molecule has 3 heteroatoms. The Morgan fingerprint density at radius 1 is 1.17 bits per heavy atom. The van der Waals surface area contributed by atoms with E-state index in [0.717, 1.165) is 14.0 Å². The Kier molecular flexibility index (Phi) is 4.14. The smallest absolute Gasteiger partial charge is 0.113 e. The van der Waals surface area contributed by atoms with E-state index in [9.17, 15) is 5.11 Å². The third-order valence-corrected chi connectivity index (χ3v) is 5.03. The Bertz CT molecular complexity index is 539. The van der Waals surface area contributed by atoms with E-state index in [1.165, 1.54) is 4.88 Å². The highest BCUT2D eigenvalue weighted by Gasteiger charge is 2.19. The van der Waals surface area contributed by atoms with E-state index in [1.807, 2.05) is 30.3 Å². The maximum absolute atomic E-state index is 10.4. The topological polar surface area (TPSA) is 20.2 Å². The largest absolute Gasteiger partial charge is 0.383 e. The van der Waals surface area contributed by atoms with Gasteiger partial charge in [-0.3, -0.25) is 0 Å². The van der Waals surface area contributed by atoms with Crippen molar-refractivity contribution in [2.24, 2.45) is 0 Å². The van der Waals surface area contributed by atoms with E-state index < -0.39 is 6.10 Å². The lowest BCUT2D eigenvalue weighted by Crippen LogP contribution is -2.07. The molecule has 0 saturated carbocycles. The van der Waals surface area contributed by atoms with Crippen molar-refractivity contribution >= 4 is 33.9 Å². The van der Waals surface area contributed by atoms with E-state index in [0.29, 0.717) is 0 Å². The van der Waals surface area contributed by atoms with Crippen LogP contribution in [-0.4, -0.2) is 5.11 Å². The number of thiophene rings is 1. The van der Waals surface area contributed by atoms with Gasteiger partial charge in [-0.25, -0.2) is 0 Å². The Balaban J connectivity index is 2.29. The first kappa shape index (κ1) is 14.0. The highest BCUT2D eigenvalue weighted by Crippen LogP contribution is 2.34. The summed E-state index contributed by atoms with van der Waals surface area (Å²) in [5, 5.41) is 10.4. The van der Waals surface area contributed by atoms with E-state index in [4.69, 9.17) is 0 Å². The van der Waals surface area contributed by atoms with Crippen molar-refractivity contribution in [1.29, 1.82) is 0 Å². The molecule has 0 aliphatic rings. The van der Waals surface area contributed by atoms with Gasteiger partial charge < -0.3 is 5.11 Å². The minimum Gasteiger partial charge on any atom is -0.383 e. The molecule has 0 amide bonds. The summed E-state index contributed by atoms with van der Waals surface area (Å²) in [6, 6.07) is 12.2. The summed E-state index contributed by atoms with van der Waals surface area (Å²) in [5.41, 5.74) is 1.11. The van der Waals surface area contributed by atoms with Crippen LogP contribution in [0.3, 0.4) is 0 Å². The Morgan fingerprint density at radius 2 is 1.89 bits per heavy atom. The molecule has 1 unspecified atom stereocenters. The van der Waals surface area contributed by atoms with Crippen LogP contribution in [0.2, 0.25) is 0 Å². The molecule has 0 radical (unpaired) electrons. The minimum absolute atomic E-state index is 0.147. The first-order chi connectivity index (χ1) is 8.38. The number of rotatable bonds is 2. The van der Waals surface area contributed by atoms with Crippen LogP contribution in [0, 0.1) is 3.57 Å². The fourth-order valence-corrected chi connectivity index (χ4v) is 3.39. The monoisotopic (exact) mass is 372 g/mol. The van der Waals surface area contributed by atoms with Crippen molar-refractivity contribution in [1.82, 2.24) is 0 Å². The standard InChI is InChI=1S/C15H17IOS/c1-15(2,3)13-8-7-12(18-13)14(17)10-5-4-6-11(16)9-10/h4-9,14,17H,1-3H3. The van der Waals surface area contributed by atoms with Gasteiger partial charge in [0, 0.05) is 13.3 Å². The van der Waals surface area contributed by atoms with Gasteiger partial charge in [0.1, 0.15) is 6.10 Å². The number of benzene rings is 1. The fraction of sp³-hybridized carbons (Fsp3) is 0.333. The first-order valence-electron chi connectivity index (χ1n) is 5.91. The molecule has 0 saturated heterocycles. The highest BCUT2D eigenvalue weighted by molar-refractivity contribution is 14.1. The quantitative estimate of drug-likeness (QED) is 0.756. The maximum Gasteiger partial charge on any atom is 0.113 e. The molecular weight excluding hydrogens is 355 g/mol. The van der Waals surface area contributed by atoms with Crippen LogP contribution in [0.15, 0.2) is 36.4 Å². The van der Waals surface area contributed by atoms with Gasteiger partial charge in [0.25, 0.3) is 0 Å². The summed E-state index contributed by atoms with van der Waals surface area (Å²) in [4.78, 5) is 2.32. The van der Waals surface area contributed by atoms with E-state index >= 15 is 0 Å². The van der Waals surface area contributed by atoms with Gasteiger partial charge in [-0.2, -0.15) is 0 Å². The summed E-state index contributed by atoms with van der Waals surface area (Å²) in [6.45, 7) is 6.58. The highest BCUT2D eigenvalue weighted by atomic mass is 127. The maximum atomic E-state index is 10.4. The predicted octanol–water partition coefficient (Wildman–Crippen LogP) is 4.73. The van der Waals surface area contributed by atoms with Crippen molar-refractivity contribution in [2.45, 2.75) is 32.3 Å². The third kappa shape index (κ3) is 3.13. The van der Waals surface area contributed by atoms with Crippen LogP contribution >= 0.6 is 33.9 Å². The molecule has 0 fully saturated rings. The number of halogens is 1. The molecule has 0 spiro atoms. The van der Waals surface area contributed by atoms with Crippen LogP contribution in [-0.2, 0) is 5.41 Å². The second-order valence-corrected chi connectivity index (χ2v) is 7.77. The van der Waals surface area contributed by atoms with Crippen molar-refractivity contribution in [3.05, 3.63) is 55.3 Å². The zero-order chi connectivity index (χ0) is 13.3. The summed E-state index contributed by atoms with van der Waals surface area (Å²) in [6.07, 6.45) is -0.513. The van der Waals surface area contributed by atoms with Crippen LogP contribution in [0.1, 0.15) is 42.2 Å². The lowest BCUT2D eigenvalue weighted by atomic mass is 9.95. The van der Waals surface area contributed by atoms with Gasteiger partial charge in [-0.15, -0.1) is 11.3 Å². The van der Waals surface area contributed by atoms with E-state index in [-0.39, 0.29) is 5.41 Å². The number of aliphatic hydroxyl groups excluding tert-OH is 1. The summed E-state index contributed by atoms with van der Waals surface area (Å²) in [5.74, 6) is 0. The molecule has 96 valence electrons. The van der Waals surface area contributed by atoms with Gasteiger partial charge >= 0.3 is 0 Å². The second-order valence-electron chi connectivity index (χ2n) is 5.41. The lowest BCUT2D eigenvalue weighted by Gasteiger charge is -2.15. The minimum atomic E-state index is -0.513. The first-order valence-corrected chi connectivity index (χ1v) is 7.81. The number of hydrogen-bond donors (Lipinski definition) is 1. The molecule has 0 bridgehead atoms. The summed E-state index contributed by atoms with van der Waals surface area (Å²) in [7, 11) is 0. The van der Waals surface area contributed by atoms with Crippen molar-refractivity contribution in [2.75, 3.05) is 0 Å². The van der Waals surface area contributed by atoms with Crippen LogP contribution in [0.5, 0.6) is 0 Å². The van der Waals surface area contributed by atoms with Gasteiger partial charge in [0.15, 0.2) is 0 Å². The van der Waals surface area contributed by atoms with E-state index in [2.05, 4.69) is 49.4 Å². The average Bonchev–Trinajstić information content (AvgIpc) is 2.77. The van der Waals surface area contributed by atoms with Crippen molar-refractivity contribution < 1.29 is 5.11 Å². The van der Waals surface area contributed by atoms with Gasteiger partial charge in [-0.05, 0) is 57.8 Å². The zero-order valence-electron chi connectivity index (χ0n) is 10.8. The molecule has 1 aromatic heterocycles. The molecule has 1 nitrogen and oxygen atoms in total. The zero-order valence-corrected chi connectivity index (χ0v) is 13.7. The van der Waals surface area contributed by atoms with Gasteiger partial charge in [-0.1, -0.05) is 32.9 Å². The molecule has 18 heavy (non-hydrogen) atoms. The predicted molar refractivity (Wildman–Crippen MR) is 86.2 cm³/mol.